The van der Waals surface area contributed by atoms with Crippen molar-refractivity contribution in [3.63, 3.8) is 0 Å². The highest BCUT2D eigenvalue weighted by atomic mass is 15.3. The van der Waals surface area contributed by atoms with Crippen molar-refractivity contribution in [2.45, 2.75) is 13.8 Å². The molecule has 0 spiro atoms. The second kappa shape index (κ2) is 5.59. The maximum absolute atomic E-state index is 4.74. The Morgan fingerprint density at radius 1 is 1.10 bits per heavy atom. The van der Waals surface area contributed by atoms with Crippen molar-refractivity contribution in [2.24, 2.45) is 0 Å². The maximum atomic E-state index is 4.74. The fraction of sp³-hybridized carbons (Fsp3) is 0.375. The summed E-state index contributed by atoms with van der Waals surface area (Å²) in [6.07, 6.45) is 1.86. The minimum atomic E-state index is 0.837. The van der Waals surface area contributed by atoms with Crippen LogP contribution in [-0.4, -0.2) is 36.1 Å². The molecule has 0 bridgehead atoms. The van der Waals surface area contributed by atoms with Gasteiger partial charge in [0.15, 0.2) is 0 Å². The smallest absolute Gasteiger partial charge is 0.225 e. The lowest BCUT2D eigenvalue weighted by Crippen LogP contribution is -2.44. The molecule has 104 valence electrons. The largest absolute Gasteiger partial charge is 0.338 e. The Bertz CT molecular complexity index is 603. The molecule has 2 aromatic rings. The number of nitrogens with zero attached hydrogens (tertiary/aromatic N) is 3. The predicted octanol–water partition coefficient (Wildman–Crippen LogP) is 2.17. The summed E-state index contributed by atoms with van der Waals surface area (Å²) in [6.45, 7) is 8.18. The molecular weight excluding hydrogens is 248 g/mol. The molecule has 1 aliphatic rings. The lowest BCUT2D eigenvalue weighted by molar-refractivity contribution is 0.580. The van der Waals surface area contributed by atoms with Crippen molar-refractivity contribution in [2.75, 3.05) is 31.1 Å². The molecule has 0 amide bonds. The van der Waals surface area contributed by atoms with Crippen molar-refractivity contribution in [3.8, 4) is 11.3 Å². The molecule has 0 atom stereocenters. The van der Waals surface area contributed by atoms with Gasteiger partial charge in [0.25, 0.3) is 0 Å². The monoisotopic (exact) mass is 268 g/mol. The van der Waals surface area contributed by atoms with Crippen LogP contribution in [0.4, 0.5) is 5.95 Å². The first-order valence-electron chi connectivity index (χ1n) is 7.10. The molecule has 1 fully saturated rings. The Morgan fingerprint density at radius 2 is 1.90 bits per heavy atom. The van der Waals surface area contributed by atoms with Crippen LogP contribution in [0.5, 0.6) is 0 Å². The molecule has 4 nitrogen and oxygen atoms in total. The van der Waals surface area contributed by atoms with Crippen LogP contribution in [0.15, 0.2) is 30.5 Å². The van der Waals surface area contributed by atoms with Gasteiger partial charge in [-0.3, -0.25) is 0 Å². The van der Waals surface area contributed by atoms with E-state index in [0.29, 0.717) is 0 Å². The predicted molar refractivity (Wildman–Crippen MR) is 82.0 cm³/mol. The summed E-state index contributed by atoms with van der Waals surface area (Å²) < 4.78 is 0. The highest BCUT2D eigenvalue weighted by Crippen LogP contribution is 2.23. The van der Waals surface area contributed by atoms with E-state index in [1.807, 2.05) is 12.3 Å². The van der Waals surface area contributed by atoms with Crippen molar-refractivity contribution in [1.29, 1.82) is 0 Å². The summed E-state index contributed by atoms with van der Waals surface area (Å²) in [5, 5.41) is 3.35. The molecule has 1 aromatic heterocycles. The van der Waals surface area contributed by atoms with Gasteiger partial charge in [0.05, 0.1) is 5.69 Å². The summed E-state index contributed by atoms with van der Waals surface area (Å²) >= 11 is 0. The first-order chi connectivity index (χ1) is 9.74. The SMILES string of the molecule is Cc1ccc(-c2ccnc(N3CCNCC3)n2)c(C)c1. The number of aryl methyl sites for hydroxylation is 2. The van der Waals surface area contributed by atoms with E-state index in [1.54, 1.807) is 0 Å². The second-order valence-electron chi connectivity index (χ2n) is 5.30. The molecule has 0 saturated carbocycles. The van der Waals surface area contributed by atoms with E-state index in [1.165, 1.54) is 16.7 Å². The molecule has 0 unspecified atom stereocenters. The van der Waals surface area contributed by atoms with E-state index >= 15 is 0 Å². The maximum Gasteiger partial charge on any atom is 0.225 e. The van der Waals surface area contributed by atoms with Crippen molar-refractivity contribution >= 4 is 5.95 Å². The average Bonchev–Trinajstić information content (AvgIpc) is 2.48. The first kappa shape index (κ1) is 13.1. The van der Waals surface area contributed by atoms with Gasteiger partial charge in [0.2, 0.25) is 5.95 Å². The zero-order chi connectivity index (χ0) is 13.9. The van der Waals surface area contributed by atoms with Crippen LogP contribution in [0.2, 0.25) is 0 Å². The topological polar surface area (TPSA) is 41.1 Å². The number of hydrogen-bond acceptors (Lipinski definition) is 4. The van der Waals surface area contributed by atoms with Crippen LogP contribution >= 0.6 is 0 Å². The second-order valence-corrected chi connectivity index (χ2v) is 5.30. The molecule has 2 heterocycles. The molecule has 20 heavy (non-hydrogen) atoms. The Morgan fingerprint density at radius 3 is 2.65 bits per heavy atom. The molecule has 3 rings (SSSR count). The highest BCUT2D eigenvalue weighted by molar-refractivity contribution is 5.64. The van der Waals surface area contributed by atoms with E-state index in [4.69, 9.17) is 4.98 Å². The molecule has 1 N–H and O–H groups in total. The number of hydrogen-bond donors (Lipinski definition) is 1. The van der Waals surface area contributed by atoms with Crippen molar-refractivity contribution in [1.82, 2.24) is 15.3 Å². The zero-order valence-corrected chi connectivity index (χ0v) is 12.1. The van der Waals surface area contributed by atoms with Crippen molar-refractivity contribution < 1.29 is 0 Å². The first-order valence-corrected chi connectivity index (χ1v) is 7.10. The third-order valence-corrected chi connectivity index (χ3v) is 3.70. The number of nitrogens with one attached hydrogen (secondary N) is 1. The van der Waals surface area contributed by atoms with Gasteiger partial charge in [0, 0.05) is 37.9 Å². The number of piperazine rings is 1. The van der Waals surface area contributed by atoms with Crippen LogP contribution in [-0.2, 0) is 0 Å². The number of anilines is 1. The Labute approximate surface area is 119 Å². The fourth-order valence-corrected chi connectivity index (χ4v) is 2.62. The molecule has 1 saturated heterocycles. The van der Waals surface area contributed by atoms with E-state index < -0.39 is 0 Å². The average molecular weight is 268 g/mol. The summed E-state index contributed by atoms with van der Waals surface area (Å²) in [4.78, 5) is 11.4. The van der Waals surface area contributed by atoms with Crippen LogP contribution in [0.25, 0.3) is 11.3 Å². The van der Waals surface area contributed by atoms with Crippen LogP contribution in [0, 0.1) is 13.8 Å². The molecule has 1 aromatic carbocycles. The minimum Gasteiger partial charge on any atom is -0.338 e. The number of benzene rings is 1. The summed E-state index contributed by atoms with van der Waals surface area (Å²) in [5.41, 5.74) is 4.73. The molecule has 1 aliphatic heterocycles. The van der Waals surface area contributed by atoms with E-state index in [-0.39, 0.29) is 0 Å². The summed E-state index contributed by atoms with van der Waals surface area (Å²) in [6, 6.07) is 8.47. The van der Waals surface area contributed by atoms with Crippen LogP contribution < -0.4 is 10.2 Å². The Balaban J connectivity index is 1.94. The Hall–Kier alpha value is -1.94. The van der Waals surface area contributed by atoms with Gasteiger partial charge < -0.3 is 10.2 Å². The number of aromatic nitrogens is 2. The van der Waals surface area contributed by atoms with E-state index in [2.05, 4.69) is 47.2 Å². The van der Waals surface area contributed by atoms with Gasteiger partial charge in [-0.1, -0.05) is 23.8 Å². The quantitative estimate of drug-likeness (QED) is 0.906. The fourth-order valence-electron chi connectivity index (χ4n) is 2.62. The lowest BCUT2D eigenvalue weighted by Gasteiger charge is -2.27. The summed E-state index contributed by atoms with van der Waals surface area (Å²) in [7, 11) is 0. The van der Waals surface area contributed by atoms with Gasteiger partial charge in [-0.15, -0.1) is 0 Å². The van der Waals surface area contributed by atoms with Gasteiger partial charge in [-0.05, 0) is 25.5 Å². The van der Waals surface area contributed by atoms with Crippen molar-refractivity contribution in [3.05, 3.63) is 41.6 Å². The standard InChI is InChI=1S/C16H20N4/c1-12-3-4-14(13(2)11-12)15-5-6-18-16(19-15)20-9-7-17-8-10-20/h3-6,11,17H,7-10H2,1-2H3. The Kier molecular flexibility index (Phi) is 3.65. The van der Waals surface area contributed by atoms with Gasteiger partial charge in [-0.25, -0.2) is 9.97 Å². The minimum absolute atomic E-state index is 0.837. The van der Waals surface area contributed by atoms with Gasteiger partial charge in [-0.2, -0.15) is 0 Å². The molecule has 0 radical (unpaired) electrons. The normalized spacial score (nSPS) is 15.4. The van der Waals surface area contributed by atoms with Crippen LogP contribution in [0.1, 0.15) is 11.1 Å². The lowest BCUT2D eigenvalue weighted by atomic mass is 10.0. The third-order valence-electron chi connectivity index (χ3n) is 3.70. The summed E-state index contributed by atoms with van der Waals surface area (Å²) in [5.74, 6) is 0.837. The van der Waals surface area contributed by atoms with E-state index in [0.717, 1.165) is 37.8 Å². The van der Waals surface area contributed by atoms with Crippen LogP contribution in [0.3, 0.4) is 0 Å². The van der Waals surface area contributed by atoms with Gasteiger partial charge in [0.1, 0.15) is 0 Å². The molecule has 4 heteroatoms. The number of rotatable bonds is 2. The zero-order valence-electron chi connectivity index (χ0n) is 12.1. The van der Waals surface area contributed by atoms with Gasteiger partial charge >= 0.3 is 0 Å². The highest BCUT2D eigenvalue weighted by Gasteiger charge is 2.14. The molecule has 0 aliphatic carbocycles. The third kappa shape index (κ3) is 2.65. The van der Waals surface area contributed by atoms with E-state index in [9.17, 15) is 0 Å². The molecular formula is C16H20N4.